The average Bonchev–Trinajstić information content (AvgIpc) is 2.48. The number of morpholine rings is 1. The third-order valence-corrected chi connectivity index (χ3v) is 3.39. The molecular formula is C15H19NO5. The first kappa shape index (κ1) is 15.3. The number of carboxylic acid groups (broad SMARTS) is 1. The van der Waals surface area contributed by atoms with Crippen LogP contribution in [0, 0.1) is 13.8 Å². The molecule has 0 radical (unpaired) electrons. The number of carboxylic acids is 1. The predicted octanol–water partition coefficient (Wildman–Crippen LogP) is 0.994. The Morgan fingerprint density at radius 1 is 1.43 bits per heavy atom. The van der Waals surface area contributed by atoms with Gasteiger partial charge < -0.3 is 19.5 Å². The Morgan fingerprint density at radius 3 is 2.90 bits per heavy atom. The van der Waals surface area contributed by atoms with Crippen molar-refractivity contribution in [2.75, 3.05) is 26.3 Å². The first-order valence-corrected chi connectivity index (χ1v) is 6.79. The molecule has 21 heavy (non-hydrogen) atoms. The van der Waals surface area contributed by atoms with E-state index in [0.29, 0.717) is 12.3 Å². The molecule has 1 fully saturated rings. The second-order valence-corrected chi connectivity index (χ2v) is 5.10. The number of carbonyl (C=O) groups excluding carboxylic acids is 1. The summed E-state index contributed by atoms with van der Waals surface area (Å²) in [7, 11) is 0. The molecule has 0 spiro atoms. The van der Waals surface area contributed by atoms with E-state index in [1.54, 1.807) is 0 Å². The van der Waals surface area contributed by atoms with Gasteiger partial charge in [0.1, 0.15) is 5.75 Å². The minimum atomic E-state index is -1.05. The van der Waals surface area contributed by atoms with Crippen molar-refractivity contribution >= 4 is 11.9 Å². The van der Waals surface area contributed by atoms with E-state index in [9.17, 15) is 9.59 Å². The van der Waals surface area contributed by atoms with E-state index in [-0.39, 0.29) is 25.7 Å². The molecule has 1 amide bonds. The number of aliphatic carboxylic acids is 1. The fourth-order valence-corrected chi connectivity index (χ4v) is 2.12. The molecule has 1 aliphatic heterocycles. The van der Waals surface area contributed by atoms with Crippen LogP contribution < -0.4 is 4.74 Å². The summed E-state index contributed by atoms with van der Waals surface area (Å²) in [6.07, 6.45) is -0.955. The van der Waals surface area contributed by atoms with E-state index in [0.717, 1.165) is 11.1 Å². The van der Waals surface area contributed by atoms with Crippen LogP contribution in [0.1, 0.15) is 11.1 Å². The zero-order valence-corrected chi connectivity index (χ0v) is 12.2. The van der Waals surface area contributed by atoms with Gasteiger partial charge in [-0.2, -0.15) is 0 Å². The molecule has 1 atom stereocenters. The van der Waals surface area contributed by atoms with Crippen LogP contribution in [0.3, 0.4) is 0 Å². The smallest absolute Gasteiger partial charge is 0.334 e. The van der Waals surface area contributed by atoms with Crippen LogP contribution in [0.15, 0.2) is 18.2 Å². The highest BCUT2D eigenvalue weighted by atomic mass is 16.5. The van der Waals surface area contributed by atoms with Crippen LogP contribution >= 0.6 is 0 Å². The Labute approximate surface area is 123 Å². The first-order valence-electron chi connectivity index (χ1n) is 6.79. The van der Waals surface area contributed by atoms with Crippen LogP contribution in [0.5, 0.6) is 5.75 Å². The van der Waals surface area contributed by atoms with Gasteiger partial charge in [-0.25, -0.2) is 4.79 Å². The molecule has 0 saturated carbocycles. The molecule has 0 bridgehead atoms. The van der Waals surface area contributed by atoms with E-state index in [1.165, 1.54) is 4.90 Å². The normalized spacial score (nSPS) is 18.4. The third kappa shape index (κ3) is 3.95. The van der Waals surface area contributed by atoms with Gasteiger partial charge in [-0.1, -0.05) is 12.1 Å². The number of carbonyl (C=O) groups is 2. The lowest BCUT2D eigenvalue weighted by Gasteiger charge is -2.30. The minimum Gasteiger partial charge on any atom is -0.483 e. The number of hydrogen-bond acceptors (Lipinski definition) is 4. The SMILES string of the molecule is Cc1ccc(C)c(OCC(=O)N2CCOC(C(=O)O)C2)c1. The molecule has 1 aromatic carbocycles. The lowest BCUT2D eigenvalue weighted by Crippen LogP contribution is -2.49. The van der Waals surface area contributed by atoms with E-state index < -0.39 is 12.1 Å². The molecule has 0 aromatic heterocycles. The van der Waals surface area contributed by atoms with Gasteiger partial charge in [0, 0.05) is 6.54 Å². The maximum atomic E-state index is 12.1. The van der Waals surface area contributed by atoms with Crippen LogP contribution in [0.2, 0.25) is 0 Å². The van der Waals surface area contributed by atoms with Crippen molar-refractivity contribution in [3.63, 3.8) is 0 Å². The molecule has 0 aliphatic carbocycles. The van der Waals surface area contributed by atoms with Crippen molar-refractivity contribution < 1.29 is 24.2 Å². The van der Waals surface area contributed by atoms with Crippen LogP contribution in [0.4, 0.5) is 0 Å². The average molecular weight is 293 g/mol. The summed E-state index contributed by atoms with van der Waals surface area (Å²) in [4.78, 5) is 24.4. The van der Waals surface area contributed by atoms with Crippen molar-refractivity contribution in [1.29, 1.82) is 0 Å². The standard InChI is InChI=1S/C15H19NO5/c1-10-3-4-11(2)12(7-10)21-9-14(17)16-5-6-20-13(8-16)15(18)19/h3-4,7,13H,5-6,8-9H2,1-2H3,(H,18,19). The van der Waals surface area contributed by atoms with Gasteiger partial charge in [0.2, 0.25) is 0 Å². The lowest BCUT2D eigenvalue weighted by molar-refractivity contribution is -0.159. The molecule has 1 aromatic rings. The summed E-state index contributed by atoms with van der Waals surface area (Å²) in [5.41, 5.74) is 2.01. The highest BCUT2D eigenvalue weighted by molar-refractivity contribution is 5.79. The summed E-state index contributed by atoms with van der Waals surface area (Å²) < 4.78 is 10.6. The summed E-state index contributed by atoms with van der Waals surface area (Å²) >= 11 is 0. The van der Waals surface area contributed by atoms with Gasteiger partial charge in [-0.3, -0.25) is 4.79 Å². The highest BCUT2D eigenvalue weighted by Crippen LogP contribution is 2.19. The molecule has 114 valence electrons. The number of rotatable bonds is 4. The van der Waals surface area contributed by atoms with Crippen molar-refractivity contribution in [1.82, 2.24) is 4.90 Å². The first-order chi connectivity index (χ1) is 9.97. The van der Waals surface area contributed by atoms with Gasteiger partial charge >= 0.3 is 5.97 Å². The second kappa shape index (κ2) is 6.58. The van der Waals surface area contributed by atoms with Crippen LogP contribution in [0.25, 0.3) is 0 Å². The molecule has 1 heterocycles. The Morgan fingerprint density at radius 2 is 2.19 bits per heavy atom. The molecule has 1 unspecified atom stereocenters. The number of nitrogens with zero attached hydrogens (tertiary/aromatic N) is 1. The number of aryl methyl sites for hydroxylation is 2. The monoisotopic (exact) mass is 293 g/mol. The van der Waals surface area contributed by atoms with E-state index >= 15 is 0 Å². The molecular weight excluding hydrogens is 274 g/mol. The number of amides is 1. The summed E-state index contributed by atoms with van der Waals surface area (Å²) in [6, 6.07) is 5.79. The number of benzene rings is 1. The Bertz CT molecular complexity index is 543. The largest absolute Gasteiger partial charge is 0.483 e. The molecule has 1 aliphatic rings. The van der Waals surface area contributed by atoms with Gasteiger partial charge in [-0.05, 0) is 31.0 Å². The fourth-order valence-electron chi connectivity index (χ4n) is 2.12. The highest BCUT2D eigenvalue weighted by Gasteiger charge is 2.29. The molecule has 2 rings (SSSR count). The van der Waals surface area contributed by atoms with Crippen molar-refractivity contribution in [3.05, 3.63) is 29.3 Å². The van der Waals surface area contributed by atoms with E-state index in [4.69, 9.17) is 14.6 Å². The van der Waals surface area contributed by atoms with Crippen LogP contribution in [-0.2, 0) is 14.3 Å². The number of ether oxygens (including phenoxy) is 2. The van der Waals surface area contributed by atoms with Crippen molar-refractivity contribution in [3.8, 4) is 5.75 Å². The van der Waals surface area contributed by atoms with Gasteiger partial charge in [-0.15, -0.1) is 0 Å². The maximum Gasteiger partial charge on any atom is 0.334 e. The number of hydrogen-bond donors (Lipinski definition) is 1. The Hall–Kier alpha value is -2.08. The Balaban J connectivity index is 1.92. The molecule has 6 heteroatoms. The van der Waals surface area contributed by atoms with E-state index in [1.807, 2.05) is 32.0 Å². The molecule has 1 saturated heterocycles. The maximum absolute atomic E-state index is 12.1. The minimum absolute atomic E-state index is 0.0598. The summed E-state index contributed by atoms with van der Waals surface area (Å²) in [5.74, 6) is -0.611. The zero-order valence-electron chi connectivity index (χ0n) is 12.2. The van der Waals surface area contributed by atoms with Crippen molar-refractivity contribution in [2.24, 2.45) is 0 Å². The summed E-state index contributed by atoms with van der Waals surface area (Å²) in [6.45, 7) is 4.44. The lowest BCUT2D eigenvalue weighted by atomic mass is 10.1. The van der Waals surface area contributed by atoms with Gasteiger partial charge in [0.05, 0.1) is 13.2 Å². The third-order valence-electron chi connectivity index (χ3n) is 3.39. The van der Waals surface area contributed by atoms with Gasteiger partial charge in [0.15, 0.2) is 12.7 Å². The quantitative estimate of drug-likeness (QED) is 0.896. The summed E-state index contributed by atoms with van der Waals surface area (Å²) in [5, 5.41) is 8.92. The Kier molecular flexibility index (Phi) is 4.80. The predicted molar refractivity (Wildman–Crippen MR) is 75.4 cm³/mol. The molecule has 6 nitrogen and oxygen atoms in total. The topological polar surface area (TPSA) is 76.1 Å². The fraction of sp³-hybridized carbons (Fsp3) is 0.467. The second-order valence-electron chi connectivity index (χ2n) is 5.10. The molecule has 1 N–H and O–H groups in total. The van der Waals surface area contributed by atoms with Crippen molar-refractivity contribution in [2.45, 2.75) is 20.0 Å². The van der Waals surface area contributed by atoms with Crippen LogP contribution in [-0.4, -0.2) is 54.3 Å². The van der Waals surface area contributed by atoms with E-state index in [2.05, 4.69) is 0 Å². The van der Waals surface area contributed by atoms with Gasteiger partial charge in [0.25, 0.3) is 5.91 Å². The zero-order chi connectivity index (χ0) is 15.4.